The largest absolute Gasteiger partial charge is 0.573 e. The molecular formula is C15H20F3NO4. The van der Waals surface area contributed by atoms with Crippen molar-refractivity contribution in [1.82, 2.24) is 5.32 Å². The first kappa shape index (κ1) is 19.1. The smallest absolute Gasteiger partial charge is 0.493 e. The van der Waals surface area contributed by atoms with Crippen LogP contribution in [0.3, 0.4) is 0 Å². The topological polar surface area (TPSA) is 67.8 Å². The summed E-state index contributed by atoms with van der Waals surface area (Å²) in [4.78, 5) is 10.3. The second-order valence-corrected chi connectivity index (χ2v) is 4.83. The first-order valence-electron chi connectivity index (χ1n) is 7.28. The Kier molecular flexibility index (Phi) is 8.25. The zero-order valence-electron chi connectivity index (χ0n) is 12.6. The van der Waals surface area contributed by atoms with Gasteiger partial charge in [0.1, 0.15) is 11.5 Å². The van der Waals surface area contributed by atoms with Gasteiger partial charge in [0.2, 0.25) is 0 Å². The van der Waals surface area contributed by atoms with Crippen LogP contribution in [0.4, 0.5) is 13.2 Å². The third kappa shape index (κ3) is 10.4. The van der Waals surface area contributed by atoms with E-state index in [1.807, 2.05) is 0 Å². The third-order valence-electron chi connectivity index (χ3n) is 2.80. The summed E-state index contributed by atoms with van der Waals surface area (Å²) in [6, 6.07) is 5.40. The zero-order chi connectivity index (χ0) is 17.1. The summed E-state index contributed by atoms with van der Waals surface area (Å²) in [7, 11) is 0. The van der Waals surface area contributed by atoms with Gasteiger partial charge in [0, 0.05) is 12.5 Å². The fourth-order valence-electron chi connectivity index (χ4n) is 1.79. The van der Waals surface area contributed by atoms with E-state index in [0.29, 0.717) is 25.3 Å². The van der Waals surface area contributed by atoms with Crippen LogP contribution < -0.4 is 14.8 Å². The molecule has 8 heteroatoms. The van der Waals surface area contributed by atoms with Gasteiger partial charge in [0.25, 0.3) is 0 Å². The number of carboxylic acid groups (broad SMARTS) is 1. The van der Waals surface area contributed by atoms with Crippen molar-refractivity contribution in [1.29, 1.82) is 0 Å². The number of carboxylic acids is 1. The fraction of sp³-hybridized carbons (Fsp3) is 0.533. The number of rotatable bonds is 11. The predicted octanol–water partition coefficient (Wildman–Crippen LogP) is 3.20. The quantitative estimate of drug-likeness (QED) is 0.608. The predicted molar refractivity (Wildman–Crippen MR) is 77.6 cm³/mol. The lowest BCUT2D eigenvalue weighted by Gasteiger charge is -2.11. The summed E-state index contributed by atoms with van der Waals surface area (Å²) >= 11 is 0. The van der Waals surface area contributed by atoms with Crippen LogP contribution in [0.15, 0.2) is 24.3 Å². The summed E-state index contributed by atoms with van der Waals surface area (Å²) in [5, 5.41) is 11.6. The van der Waals surface area contributed by atoms with Crippen LogP contribution in [0.5, 0.6) is 11.5 Å². The number of alkyl halides is 3. The Hall–Kier alpha value is -1.96. The normalized spacial score (nSPS) is 11.3. The Morgan fingerprint density at radius 3 is 2.52 bits per heavy atom. The highest BCUT2D eigenvalue weighted by Gasteiger charge is 2.31. The van der Waals surface area contributed by atoms with Crippen LogP contribution in [0.25, 0.3) is 0 Å². The molecule has 0 fully saturated rings. The Balaban J connectivity index is 2.12. The van der Waals surface area contributed by atoms with E-state index in [1.54, 1.807) is 6.07 Å². The highest BCUT2D eigenvalue weighted by atomic mass is 19.4. The second kappa shape index (κ2) is 9.94. The molecule has 2 N–H and O–H groups in total. The van der Waals surface area contributed by atoms with Gasteiger partial charge in [-0.2, -0.15) is 0 Å². The van der Waals surface area contributed by atoms with Crippen molar-refractivity contribution >= 4 is 5.97 Å². The lowest BCUT2D eigenvalue weighted by molar-refractivity contribution is -0.274. The first-order valence-corrected chi connectivity index (χ1v) is 7.28. The van der Waals surface area contributed by atoms with Gasteiger partial charge in [-0.1, -0.05) is 6.07 Å². The standard InChI is InChI=1S/C15H20F3NO4/c16-15(17,18)23-13-6-3-5-12(11-13)22-10-2-1-8-19-9-4-7-14(20)21/h3,5-6,11,19H,1-2,4,7-10H2,(H,20,21). The van der Waals surface area contributed by atoms with Gasteiger partial charge >= 0.3 is 12.3 Å². The van der Waals surface area contributed by atoms with Crippen molar-refractivity contribution in [2.24, 2.45) is 0 Å². The van der Waals surface area contributed by atoms with Gasteiger partial charge in [-0.15, -0.1) is 13.2 Å². The van der Waals surface area contributed by atoms with Crippen molar-refractivity contribution in [3.63, 3.8) is 0 Å². The Morgan fingerprint density at radius 2 is 1.83 bits per heavy atom. The summed E-state index contributed by atoms with van der Waals surface area (Å²) in [5.41, 5.74) is 0. The number of hydrogen-bond donors (Lipinski definition) is 2. The van der Waals surface area contributed by atoms with Crippen molar-refractivity contribution in [3.8, 4) is 11.5 Å². The molecule has 0 amide bonds. The summed E-state index contributed by atoms with van der Waals surface area (Å²) in [6.07, 6.45) is -2.43. The van der Waals surface area contributed by atoms with E-state index < -0.39 is 12.3 Å². The minimum absolute atomic E-state index is 0.145. The maximum Gasteiger partial charge on any atom is 0.573 e. The minimum Gasteiger partial charge on any atom is -0.493 e. The maximum atomic E-state index is 12.1. The van der Waals surface area contributed by atoms with Gasteiger partial charge in [0.15, 0.2) is 0 Å². The number of benzene rings is 1. The summed E-state index contributed by atoms with van der Waals surface area (Å²) in [6.45, 7) is 1.76. The molecule has 0 spiro atoms. The van der Waals surface area contributed by atoms with E-state index in [9.17, 15) is 18.0 Å². The molecule has 0 atom stereocenters. The molecule has 0 heterocycles. The van der Waals surface area contributed by atoms with E-state index in [2.05, 4.69) is 10.1 Å². The molecule has 0 saturated carbocycles. The van der Waals surface area contributed by atoms with Crippen molar-refractivity contribution < 1.29 is 32.5 Å². The maximum absolute atomic E-state index is 12.1. The van der Waals surface area contributed by atoms with Crippen LogP contribution in [0.2, 0.25) is 0 Å². The van der Waals surface area contributed by atoms with E-state index in [1.165, 1.54) is 18.2 Å². The average molecular weight is 335 g/mol. The number of hydrogen-bond acceptors (Lipinski definition) is 4. The van der Waals surface area contributed by atoms with Crippen LogP contribution in [-0.2, 0) is 4.79 Å². The van der Waals surface area contributed by atoms with E-state index >= 15 is 0 Å². The van der Waals surface area contributed by atoms with Gasteiger partial charge in [-0.3, -0.25) is 4.79 Å². The average Bonchev–Trinajstić information content (AvgIpc) is 2.44. The first-order chi connectivity index (χ1) is 10.9. The molecule has 0 bridgehead atoms. The molecule has 5 nitrogen and oxygen atoms in total. The molecule has 0 unspecified atom stereocenters. The molecule has 0 aliphatic carbocycles. The Bertz CT molecular complexity index is 480. The molecule has 0 aliphatic heterocycles. The number of carbonyl (C=O) groups is 1. The molecule has 1 rings (SSSR count). The molecule has 0 aromatic heterocycles. The lowest BCUT2D eigenvalue weighted by Crippen LogP contribution is -2.18. The van der Waals surface area contributed by atoms with Crippen molar-refractivity contribution in [2.75, 3.05) is 19.7 Å². The third-order valence-corrected chi connectivity index (χ3v) is 2.80. The van der Waals surface area contributed by atoms with Gasteiger partial charge in [-0.05, 0) is 44.5 Å². The Morgan fingerprint density at radius 1 is 1.13 bits per heavy atom. The fourth-order valence-corrected chi connectivity index (χ4v) is 1.79. The number of nitrogens with one attached hydrogen (secondary N) is 1. The van der Waals surface area contributed by atoms with E-state index in [0.717, 1.165) is 19.4 Å². The van der Waals surface area contributed by atoms with Gasteiger partial charge in [-0.25, -0.2) is 0 Å². The lowest BCUT2D eigenvalue weighted by atomic mass is 10.3. The van der Waals surface area contributed by atoms with Crippen LogP contribution in [-0.4, -0.2) is 37.1 Å². The van der Waals surface area contributed by atoms with Crippen LogP contribution in [0.1, 0.15) is 25.7 Å². The zero-order valence-corrected chi connectivity index (χ0v) is 12.6. The SMILES string of the molecule is O=C(O)CCCNCCCCOc1cccc(OC(F)(F)F)c1. The Labute approximate surface area is 132 Å². The molecular weight excluding hydrogens is 315 g/mol. The number of aliphatic carboxylic acids is 1. The molecule has 23 heavy (non-hydrogen) atoms. The monoisotopic (exact) mass is 335 g/mol. The van der Waals surface area contributed by atoms with E-state index in [-0.39, 0.29) is 12.2 Å². The minimum atomic E-state index is -4.72. The summed E-state index contributed by atoms with van der Waals surface area (Å²) in [5.74, 6) is -0.798. The van der Waals surface area contributed by atoms with E-state index in [4.69, 9.17) is 9.84 Å². The van der Waals surface area contributed by atoms with Crippen molar-refractivity contribution in [3.05, 3.63) is 24.3 Å². The second-order valence-electron chi connectivity index (χ2n) is 4.83. The van der Waals surface area contributed by atoms with Crippen LogP contribution in [0, 0.1) is 0 Å². The van der Waals surface area contributed by atoms with Crippen LogP contribution >= 0.6 is 0 Å². The number of unbranched alkanes of at least 4 members (excludes halogenated alkanes) is 1. The highest BCUT2D eigenvalue weighted by Crippen LogP contribution is 2.26. The molecule has 1 aromatic rings. The van der Waals surface area contributed by atoms with Gasteiger partial charge < -0.3 is 19.9 Å². The molecule has 0 aliphatic rings. The molecule has 1 aromatic carbocycles. The number of ether oxygens (including phenoxy) is 2. The summed E-state index contributed by atoms with van der Waals surface area (Å²) < 4.78 is 45.5. The molecule has 0 saturated heterocycles. The molecule has 130 valence electrons. The number of halogens is 3. The van der Waals surface area contributed by atoms with Gasteiger partial charge in [0.05, 0.1) is 6.61 Å². The molecule has 0 radical (unpaired) electrons. The van der Waals surface area contributed by atoms with Crippen molar-refractivity contribution in [2.45, 2.75) is 32.0 Å². The highest BCUT2D eigenvalue weighted by molar-refractivity contribution is 5.66.